The predicted octanol–water partition coefficient (Wildman–Crippen LogP) is 1.82. The zero-order valence-corrected chi connectivity index (χ0v) is 10.8. The van der Waals surface area contributed by atoms with Crippen LogP contribution in [0.15, 0.2) is 23.0 Å². The first kappa shape index (κ1) is 14.1. The molecule has 1 aliphatic rings. The van der Waals surface area contributed by atoms with Crippen LogP contribution in [0.3, 0.4) is 0 Å². The maximum Gasteiger partial charge on any atom is 0.254 e. The lowest BCUT2D eigenvalue weighted by Crippen LogP contribution is -2.42. The fourth-order valence-corrected chi connectivity index (χ4v) is 2.00. The van der Waals surface area contributed by atoms with Crippen molar-refractivity contribution in [1.29, 1.82) is 0 Å². The van der Waals surface area contributed by atoms with Crippen molar-refractivity contribution in [2.45, 2.75) is 19.8 Å². The molecular weight excluding hydrogens is 240 g/mol. The lowest BCUT2D eigenvalue weighted by molar-refractivity contribution is 0.0921. The highest BCUT2D eigenvalue weighted by atomic mass is 35.5. The fraction of sp³-hybridized carbons (Fsp3) is 0.583. The van der Waals surface area contributed by atoms with Crippen molar-refractivity contribution in [3.63, 3.8) is 0 Å². The number of hydrogen-bond acceptors (Lipinski definition) is 3. The van der Waals surface area contributed by atoms with E-state index in [2.05, 4.69) is 17.6 Å². The molecule has 2 heterocycles. The molecule has 1 aromatic heterocycles. The van der Waals surface area contributed by atoms with Crippen molar-refractivity contribution in [2.24, 2.45) is 5.41 Å². The fourth-order valence-electron chi connectivity index (χ4n) is 2.00. The van der Waals surface area contributed by atoms with Crippen LogP contribution >= 0.6 is 12.4 Å². The summed E-state index contributed by atoms with van der Waals surface area (Å²) in [6.45, 7) is 5.04. The summed E-state index contributed by atoms with van der Waals surface area (Å²) < 4.78 is 4.88. The standard InChI is InChI=1S/C12H18N2O2.ClH/c1-12(3-5-13-6-4-12)9-14-11(15)10-2-7-16-8-10;/h2,7-8,13H,3-6,9H2,1H3,(H,14,15);1H. The second kappa shape index (κ2) is 6.07. The summed E-state index contributed by atoms with van der Waals surface area (Å²) in [6.07, 6.45) is 5.21. The van der Waals surface area contributed by atoms with E-state index in [1.54, 1.807) is 6.07 Å². The lowest BCUT2D eigenvalue weighted by Gasteiger charge is -2.34. The van der Waals surface area contributed by atoms with Gasteiger partial charge in [0.15, 0.2) is 0 Å². The number of amides is 1. The largest absolute Gasteiger partial charge is 0.472 e. The van der Waals surface area contributed by atoms with Gasteiger partial charge in [0.2, 0.25) is 0 Å². The van der Waals surface area contributed by atoms with Gasteiger partial charge < -0.3 is 15.1 Å². The van der Waals surface area contributed by atoms with Crippen LogP contribution in [-0.2, 0) is 0 Å². The molecule has 0 bridgehead atoms. The van der Waals surface area contributed by atoms with E-state index in [4.69, 9.17) is 4.42 Å². The van der Waals surface area contributed by atoms with Crippen molar-refractivity contribution in [3.05, 3.63) is 24.2 Å². The van der Waals surface area contributed by atoms with Crippen LogP contribution in [-0.4, -0.2) is 25.5 Å². The van der Waals surface area contributed by atoms with Gasteiger partial charge in [-0.25, -0.2) is 0 Å². The molecule has 0 saturated carbocycles. The Morgan fingerprint density at radius 1 is 1.53 bits per heavy atom. The number of halogens is 1. The third kappa shape index (κ3) is 3.75. The number of nitrogens with one attached hydrogen (secondary N) is 2. The summed E-state index contributed by atoms with van der Waals surface area (Å²) in [7, 11) is 0. The van der Waals surface area contributed by atoms with Gasteiger partial charge in [0.05, 0.1) is 11.8 Å². The average Bonchev–Trinajstić information content (AvgIpc) is 2.80. The van der Waals surface area contributed by atoms with Crippen LogP contribution in [0.1, 0.15) is 30.1 Å². The molecule has 4 nitrogen and oxygen atoms in total. The number of carbonyl (C=O) groups is 1. The Kier molecular flexibility index (Phi) is 5.02. The van der Waals surface area contributed by atoms with Crippen molar-refractivity contribution >= 4 is 18.3 Å². The summed E-state index contributed by atoms with van der Waals surface area (Å²) in [5.41, 5.74) is 0.822. The van der Waals surface area contributed by atoms with Gasteiger partial charge in [-0.2, -0.15) is 0 Å². The molecule has 1 fully saturated rings. The molecule has 1 amide bonds. The first-order valence-electron chi connectivity index (χ1n) is 5.71. The number of rotatable bonds is 3. The molecular formula is C12H19ClN2O2. The normalized spacial score (nSPS) is 18.2. The summed E-state index contributed by atoms with van der Waals surface area (Å²) in [6, 6.07) is 1.68. The molecule has 2 N–H and O–H groups in total. The monoisotopic (exact) mass is 258 g/mol. The Morgan fingerprint density at radius 3 is 2.82 bits per heavy atom. The first-order chi connectivity index (χ1) is 7.70. The quantitative estimate of drug-likeness (QED) is 0.870. The maximum atomic E-state index is 11.7. The highest BCUT2D eigenvalue weighted by molar-refractivity contribution is 5.93. The Bertz CT molecular complexity index is 345. The van der Waals surface area contributed by atoms with Gasteiger partial charge in [0, 0.05) is 6.54 Å². The van der Waals surface area contributed by atoms with Crippen LogP contribution in [0.4, 0.5) is 0 Å². The molecule has 1 aromatic rings. The van der Waals surface area contributed by atoms with E-state index >= 15 is 0 Å². The van der Waals surface area contributed by atoms with Crippen LogP contribution in [0, 0.1) is 5.41 Å². The highest BCUT2D eigenvalue weighted by Gasteiger charge is 2.27. The Morgan fingerprint density at radius 2 is 2.24 bits per heavy atom. The molecule has 96 valence electrons. The zero-order valence-electron chi connectivity index (χ0n) is 9.99. The van der Waals surface area contributed by atoms with E-state index in [-0.39, 0.29) is 23.7 Å². The van der Waals surface area contributed by atoms with Crippen molar-refractivity contribution in [2.75, 3.05) is 19.6 Å². The van der Waals surface area contributed by atoms with Gasteiger partial charge in [-0.3, -0.25) is 4.79 Å². The van der Waals surface area contributed by atoms with E-state index in [0.717, 1.165) is 32.5 Å². The van der Waals surface area contributed by atoms with E-state index < -0.39 is 0 Å². The average molecular weight is 259 g/mol. The van der Waals surface area contributed by atoms with Crippen molar-refractivity contribution < 1.29 is 9.21 Å². The second-order valence-corrected chi connectivity index (χ2v) is 4.76. The Balaban J connectivity index is 0.00000144. The summed E-state index contributed by atoms with van der Waals surface area (Å²) in [4.78, 5) is 11.7. The molecule has 0 atom stereocenters. The molecule has 0 aliphatic carbocycles. The molecule has 1 aliphatic heterocycles. The number of piperidine rings is 1. The van der Waals surface area contributed by atoms with Crippen LogP contribution in [0.25, 0.3) is 0 Å². The van der Waals surface area contributed by atoms with Gasteiger partial charge >= 0.3 is 0 Å². The number of carbonyl (C=O) groups excluding carboxylic acids is 1. The molecule has 0 radical (unpaired) electrons. The molecule has 17 heavy (non-hydrogen) atoms. The van der Waals surface area contributed by atoms with Gasteiger partial charge in [-0.1, -0.05) is 6.92 Å². The van der Waals surface area contributed by atoms with E-state index in [0.29, 0.717) is 5.56 Å². The number of furan rings is 1. The van der Waals surface area contributed by atoms with Crippen molar-refractivity contribution in [3.8, 4) is 0 Å². The molecule has 0 spiro atoms. The van der Waals surface area contributed by atoms with Crippen LogP contribution in [0.2, 0.25) is 0 Å². The zero-order chi connectivity index (χ0) is 11.4. The summed E-state index contributed by atoms with van der Waals surface area (Å²) >= 11 is 0. The third-order valence-electron chi connectivity index (χ3n) is 3.27. The minimum absolute atomic E-state index is 0. The second-order valence-electron chi connectivity index (χ2n) is 4.76. The minimum Gasteiger partial charge on any atom is -0.472 e. The van der Waals surface area contributed by atoms with E-state index in [1.165, 1.54) is 12.5 Å². The number of hydrogen-bond donors (Lipinski definition) is 2. The predicted molar refractivity (Wildman–Crippen MR) is 68.5 cm³/mol. The van der Waals surface area contributed by atoms with E-state index in [1.807, 2.05) is 0 Å². The highest BCUT2D eigenvalue weighted by Crippen LogP contribution is 2.26. The SMILES string of the molecule is CC1(CNC(=O)c2ccoc2)CCNCC1.Cl. The van der Waals surface area contributed by atoms with Gasteiger partial charge in [-0.15, -0.1) is 12.4 Å². The molecule has 2 rings (SSSR count). The minimum atomic E-state index is -0.0477. The topological polar surface area (TPSA) is 54.3 Å². The van der Waals surface area contributed by atoms with Crippen LogP contribution in [0.5, 0.6) is 0 Å². The first-order valence-corrected chi connectivity index (χ1v) is 5.71. The molecule has 1 saturated heterocycles. The molecule has 0 aromatic carbocycles. The summed E-state index contributed by atoms with van der Waals surface area (Å²) in [5.74, 6) is -0.0477. The van der Waals surface area contributed by atoms with Crippen molar-refractivity contribution in [1.82, 2.24) is 10.6 Å². The lowest BCUT2D eigenvalue weighted by atomic mass is 9.81. The smallest absolute Gasteiger partial charge is 0.254 e. The molecule has 0 unspecified atom stereocenters. The summed E-state index contributed by atoms with van der Waals surface area (Å²) in [5, 5.41) is 6.30. The molecule has 5 heteroatoms. The van der Waals surface area contributed by atoms with Crippen LogP contribution < -0.4 is 10.6 Å². The third-order valence-corrected chi connectivity index (χ3v) is 3.27. The maximum absolute atomic E-state index is 11.7. The Labute approximate surface area is 108 Å². The Hall–Kier alpha value is -1.00. The van der Waals surface area contributed by atoms with Gasteiger partial charge in [-0.05, 0) is 37.4 Å². The van der Waals surface area contributed by atoms with Gasteiger partial charge in [0.25, 0.3) is 5.91 Å². The van der Waals surface area contributed by atoms with E-state index in [9.17, 15) is 4.79 Å². The van der Waals surface area contributed by atoms with Gasteiger partial charge in [0.1, 0.15) is 6.26 Å².